The highest BCUT2D eigenvalue weighted by Gasteiger charge is 2.65. The summed E-state index contributed by atoms with van der Waals surface area (Å²) in [6, 6.07) is 16.9. The molecule has 45 heavy (non-hydrogen) atoms. The van der Waals surface area contributed by atoms with Crippen LogP contribution < -0.4 is 14.8 Å². The number of amides is 2. The number of nitrogens with zero attached hydrogens (tertiary/aromatic N) is 4. The fourth-order valence-corrected chi connectivity index (χ4v) is 5.05. The number of nitrogens with one attached hydrogen (secondary N) is 1. The highest BCUT2D eigenvalue weighted by Crippen LogP contribution is 3.02. The Morgan fingerprint density at radius 1 is 0.844 bits per heavy atom. The molecule has 2 aromatic carbocycles. The number of piperidine rings is 1. The van der Waals surface area contributed by atoms with Crippen LogP contribution in [-0.2, 0) is 0 Å². The van der Waals surface area contributed by atoms with E-state index in [0.717, 1.165) is 12.1 Å². The van der Waals surface area contributed by atoms with E-state index in [0.29, 0.717) is 42.0 Å². The maximum Gasteiger partial charge on any atom is 0.310 e. The van der Waals surface area contributed by atoms with Crippen molar-refractivity contribution in [2.45, 2.75) is 23.8 Å². The number of pyridine rings is 2. The number of carbonyl (C=O) groups is 2. The van der Waals surface area contributed by atoms with Crippen LogP contribution in [0.4, 0.5) is 25.1 Å². The second kappa shape index (κ2) is 11.4. The zero-order valence-corrected chi connectivity index (χ0v) is 24.0. The van der Waals surface area contributed by atoms with Gasteiger partial charge in [0, 0.05) is 38.2 Å². The van der Waals surface area contributed by atoms with Crippen molar-refractivity contribution in [2.24, 2.45) is 0 Å². The van der Waals surface area contributed by atoms with Gasteiger partial charge in [0.15, 0.2) is 0 Å². The largest absolute Gasteiger partial charge is 0.490 e. The number of benzene rings is 2. The highest BCUT2D eigenvalue weighted by atomic mass is 32.5. The quantitative estimate of drug-likeness (QED) is 0.195. The van der Waals surface area contributed by atoms with Crippen molar-refractivity contribution in [3.63, 3.8) is 0 Å². The smallest absolute Gasteiger partial charge is 0.310 e. The van der Waals surface area contributed by atoms with Crippen molar-refractivity contribution in [3.05, 3.63) is 102 Å². The van der Waals surface area contributed by atoms with Gasteiger partial charge in [-0.05, 0) is 66.7 Å². The van der Waals surface area contributed by atoms with Gasteiger partial charge in [0.2, 0.25) is 5.88 Å². The third-order valence-corrected chi connectivity index (χ3v) is 7.91. The first-order valence-corrected chi connectivity index (χ1v) is 15.3. The number of ether oxygens (including phenoxy) is 2. The summed E-state index contributed by atoms with van der Waals surface area (Å²) >= 11 is 0. The van der Waals surface area contributed by atoms with Crippen LogP contribution in [0.2, 0.25) is 0 Å². The van der Waals surface area contributed by atoms with Crippen molar-refractivity contribution in [1.29, 1.82) is 5.26 Å². The number of anilines is 1. The number of carbonyl (C=O) groups excluding carboxylic acids is 2. The molecule has 4 aromatic rings. The summed E-state index contributed by atoms with van der Waals surface area (Å²) in [6.45, 7) is 0.545. The zero-order chi connectivity index (χ0) is 32.3. The van der Waals surface area contributed by atoms with E-state index in [2.05, 4.69) is 15.3 Å². The molecule has 0 spiro atoms. The highest BCUT2D eigenvalue weighted by molar-refractivity contribution is 8.45. The van der Waals surface area contributed by atoms with Gasteiger partial charge < -0.3 is 19.7 Å². The summed E-state index contributed by atoms with van der Waals surface area (Å²) in [5.41, 5.74) is 1.21. The Morgan fingerprint density at radius 2 is 1.51 bits per heavy atom. The van der Waals surface area contributed by atoms with E-state index in [9.17, 15) is 29.0 Å². The van der Waals surface area contributed by atoms with E-state index in [4.69, 9.17) is 14.7 Å². The van der Waals surface area contributed by atoms with Crippen LogP contribution in [0, 0.1) is 11.3 Å². The average Bonchev–Trinajstić information content (AvgIpc) is 3.01. The Morgan fingerprint density at radius 3 is 2.07 bits per heavy atom. The monoisotopic (exact) mass is 645 g/mol. The van der Waals surface area contributed by atoms with Gasteiger partial charge in [-0.1, -0.05) is 19.4 Å². The lowest BCUT2D eigenvalue weighted by Gasteiger charge is -2.40. The molecule has 0 atom stereocenters. The van der Waals surface area contributed by atoms with Crippen LogP contribution >= 0.6 is 10.2 Å². The molecule has 2 amide bonds. The number of halogens is 5. The molecule has 5 rings (SSSR count). The first-order chi connectivity index (χ1) is 21.2. The predicted molar refractivity (Wildman–Crippen MR) is 155 cm³/mol. The minimum absolute atomic E-state index is 0.0177. The molecular weight excluding hydrogens is 621 g/mol. The Balaban J connectivity index is 1.10. The lowest BCUT2D eigenvalue weighted by atomic mass is 10.1. The van der Waals surface area contributed by atoms with Crippen molar-refractivity contribution in [3.8, 4) is 23.4 Å². The van der Waals surface area contributed by atoms with Gasteiger partial charge in [0.05, 0.1) is 29.1 Å². The normalized spacial score (nSPS) is 15.2. The second-order valence-corrected chi connectivity index (χ2v) is 12.5. The number of nitriles is 1. The fourth-order valence-electron chi connectivity index (χ4n) is 4.40. The molecule has 1 saturated heterocycles. The molecule has 1 N–H and O–H groups in total. The van der Waals surface area contributed by atoms with Crippen LogP contribution in [0.25, 0.3) is 0 Å². The van der Waals surface area contributed by atoms with E-state index >= 15 is 0 Å². The lowest BCUT2D eigenvalue weighted by Crippen LogP contribution is -2.42. The molecule has 1 aliphatic heterocycles. The maximum atomic E-state index is 12.9. The minimum Gasteiger partial charge on any atom is -0.490 e. The van der Waals surface area contributed by atoms with Crippen molar-refractivity contribution in [2.75, 3.05) is 18.4 Å². The summed E-state index contributed by atoms with van der Waals surface area (Å²) in [5, 5.41) is 11.6. The summed E-state index contributed by atoms with van der Waals surface area (Å²) in [4.78, 5) is 33.4. The topological polar surface area (TPSA) is 117 Å². The molecule has 9 nitrogen and oxygen atoms in total. The van der Waals surface area contributed by atoms with Gasteiger partial charge in [-0.15, -0.1) is 0 Å². The predicted octanol–water partition coefficient (Wildman–Crippen LogP) is 7.73. The third-order valence-electron chi connectivity index (χ3n) is 6.75. The number of hydrogen-bond donors (Lipinski definition) is 1. The van der Waals surface area contributed by atoms with Crippen molar-refractivity contribution >= 4 is 27.7 Å². The average molecular weight is 646 g/mol. The van der Waals surface area contributed by atoms with Crippen LogP contribution in [0.15, 0.2) is 90.1 Å². The summed E-state index contributed by atoms with van der Waals surface area (Å²) in [5.74, 6) is -0.0551. The minimum atomic E-state index is -9.76. The second-order valence-electron chi connectivity index (χ2n) is 10.1. The third kappa shape index (κ3) is 8.03. The van der Waals surface area contributed by atoms with Gasteiger partial charge in [0.25, 0.3) is 11.8 Å². The van der Waals surface area contributed by atoms with E-state index in [1.165, 1.54) is 29.4 Å². The van der Waals surface area contributed by atoms with E-state index < -0.39 is 27.1 Å². The molecule has 0 radical (unpaired) electrons. The van der Waals surface area contributed by atoms with Crippen LogP contribution in [0.3, 0.4) is 0 Å². The summed E-state index contributed by atoms with van der Waals surface area (Å²) in [6.07, 6.45) is 2.98. The maximum absolute atomic E-state index is 12.9. The van der Waals surface area contributed by atoms with E-state index in [-0.39, 0.29) is 41.9 Å². The summed E-state index contributed by atoms with van der Waals surface area (Å²) in [7, 11) is -9.76. The molecule has 0 aliphatic carbocycles. The molecule has 15 heteroatoms. The Kier molecular flexibility index (Phi) is 7.88. The SMILES string of the molecule is N#Cc1ccc(Oc2ccc(NC(=O)c3ccc(C(=O)N4CCC(Oc5ccc(S(F)(F)(F)(F)F)cc5)CC4)nc3)cn2)cc1. The van der Waals surface area contributed by atoms with Gasteiger partial charge in [-0.25, -0.2) is 4.98 Å². The molecule has 2 aromatic heterocycles. The summed E-state index contributed by atoms with van der Waals surface area (Å²) < 4.78 is 75.8. The molecule has 3 heterocycles. The molecular formula is C30H24F5N5O4S. The first kappa shape index (κ1) is 31.2. The number of rotatable bonds is 8. The molecule has 1 fully saturated rings. The fraction of sp³-hybridized carbons (Fsp3) is 0.167. The first-order valence-electron chi connectivity index (χ1n) is 13.4. The van der Waals surface area contributed by atoms with E-state index in [1.54, 1.807) is 36.4 Å². The lowest BCUT2D eigenvalue weighted by molar-refractivity contribution is 0.0589. The van der Waals surface area contributed by atoms with Gasteiger partial charge >= 0.3 is 10.2 Å². The molecule has 0 unspecified atom stereocenters. The van der Waals surface area contributed by atoms with Crippen LogP contribution in [-0.4, -0.2) is 45.9 Å². The van der Waals surface area contributed by atoms with Crippen molar-refractivity contribution in [1.82, 2.24) is 14.9 Å². The van der Waals surface area contributed by atoms with Crippen LogP contribution in [0.5, 0.6) is 17.4 Å². The Labute approximate surface area is 254 Å². The Hall–Kier alpha value is -5.23. The molecule has 234 valence electrons. The molecule has 0 bridgehead atoms. The molecule has 0 saturated carbocycles. The van der Waals surface area contributed by atoms with Crippen LogP contribution in [0.1, 0.15) is 39.3 Å². The zero-order valence-electron chi connectivity index (χ0n) is 23.2. The number of hydrogen-bond acceptors (Lipinski definition) is 7. The van der Waals surface area contributed by atoms with Gasteiger partial charge in [-0.3, -0.25) is 14.6 Å². The van der Waals surface area contributed by atoms with E-state index in [1.807, 2.05) is 6.07 Å². The number of likely N-dealkylation sites (tertiary alicyclic amines) is 1. The van der Waals surface area contributed by atoms with Crippen molar-refractivity contribution < 1.29 is 38.5 Å². The standard InChI is InChI=1S/C30H24F5N5O4S/c31-45(32,33,34,35)26-9-7-23(8-10-26)43-25-13-15-40(16-14-25)30(42)27-11-3-21(18-37-27)29(41)39-22-4-12-28(38-19-22)44-24-5-1-20(17-36)2-6-24/h1-12,18-19,25H,13-16H2,(H,39,41). The molecule has 1 aliphatic rings. The number of aromatic nitrogens is 2. The van der Waals surface area contributed by atoms with Gasteiger partial charge in [-0.2, -0.15) is 5.26 Å². The Bertz CT molecular complexity index is 1740. The van der Waals surface area contributed by atoms with Gasteiger partial charge in [0.1, 0.15) is 28.2 Å².